The molecule has 148 valence electrons. The molecule has 1 aromatic carbocycles. The molecule has 0 saturated heterocycles. The Balaban J connectivity index is 1.53. The molecule has 4 aromatic rings. The molecule has 0 amide bonds. The molecule has 1 unspecified atom stereocenters. The van der Waals surface area contributed by atoms with Gasteiger partial charge in [0.1, 0.15) is 17.5 Å². The topological polar surface area (TPSA) is 84.1 Å². The zero-order chi connectivity index (χ0) is 20.4. The second kappa shape index (κ2) is 7.75. The quantitative estimate of drug-likeness (QED) is 0.502. The Hall–Kier alpha value is -3.68. The van der Waals surface area contributed by atoms with E-state index >= 15 is 0 Å². The van der Waals surface area contributed by atoms with Crippen LogP contribution in [0.5, 0.6) is 11.6 Å². The van der Waals surface area contributed by atoms with Crippen LogP contribution in [0, 0.1) is 0 Å². The lowest BCUT2D eigenvalue weighted by Crippen LogP contribution is -2.22. The van der Waals surface area contributed by atoms with Crippen molar-refractivity contribution in [1.82, 2.24) is 24.5 Å². The number of nitrogens with zero attached hydrogens (tertiary/aromatic N) is 5. The summed E-state index contributed by atoms with van der Waals surface area (Å²) in [6, 6.07) is 9.41. The molecule has 1 atom stereocenters. The second-order valence-corrected chi connectivity index (χ2v) is 6.84. The first-order chi connectivity index (χ1) is 14.0. The van der Waals surface area contributed by atoms with Crippen LogP contribution in [0.3, 0.4) is 0 Å². The molecular weight excluding hydrogens is 370 g/mol. The highest BCUT2D eigenvalue weighted by Gasteiger charge is 2.12. The molecule has 0 bridgehead atoms. The number of rotatable bonds is 6. The molecule has 0 radical (unpaired) electrons. The summed E-state index contributed by atoms with van der Waals surface area (Å²) in [5, 5.41) is 9.43. The first-order valence-electron chi connectivity index (χ1n) is 9.20. The van der Waals surface area contributed by atoms with Crippen LogP contribution in [0.2, 0.25) is 0 Å². The molecule has 0 saturated carbocycles. The molecule has 0 spiro atoms. The number of hydrogen-bond donors (Lipinski definition) is 0. The Morgan fingerprint density at radius 3 is 2.79 bits per heavy atom. The van der Waals surface area contributed by atoms with Crippen molar-refractivity contribution in [2.45, 2.75) is 19.4 Å². The van der Waals surface area contributed by atoms with E-state index in [4.69, 9.17) is 9.47 Å². The number of hydrogen-bond acceptors (Lipinski definition) is 6. The highest BCUT2D eigenvalue weighted by molar-refractivity contribution is 5.80. The predicted molar refractivity (Wildman–Crippen MR) is 109 cm³/mol. The van der Waals surface area contributed by atoms with E-state index in [1.54, 1.807) is 35.1 Å². The van der Waals surface area contributed by atoms with Gasteiger partial charge in [-0.05, 0) is 30.7 Å². The number of ether oxygens (including phenoxy) is 2. The highest BCUT2D eigenvalue weighted by Crippen LogP contribution is 2.20. The molecule has 3 heterocycles. The summed E-state index contributed by atoms with van der Waals surface area (Å²) in [6.45, 7) is 1.91. The molecule has 8 heteroatoms. The summed E-state index contributed by atoms with van der Waals surface area (Å²) >= 11 is 0. The van der Waals surface area contributed by atoms with Crippen LogP contribution in [0.1, 0.15) is 12.5 Å². The van der Waals surface area contributed by atoms with Crippen LogP contribution in [0.4, 0.5) is 0 Å². The monoisotopic (exact) mass is 391 g/mol. The third-order valence-corrected chi connectivity index (χ3v) is 4.52. The van der Waals surface area contributed by atoms with Gasteiger partial charge in [-0.2, -0.15) is 5.10 Å². The van der Waals surface area contributed by atoms with Crippen LogP contribution in [-0.2, 0) is 13.5 Å². The van der Waals surface area contributed by atoms with Crippen LogP contribution in [0.25, 0.3) is 16.6 Å². The molecule has 0 N–H and O–H groups in total. The van der Waals surface area contributed by atoms with Crippen molar-refractivity contribution in [2.24, 2.45) is 7.05 Å². The van der Waals surface area contributed by atoms with Crippen molar-refractivity contribution in [3.05, 3.63) is 70.9 Å². The molecule has 0 fully saturated rings. The standard InChI is InChI=1S/C21H21N5O3/c1-14(8-15-4-5-19-16(9-15)10-18(28-3)12-22-19)29-21-20(27)6-7-26(24-21)17-11-23-25(2)13-17/h4-7,9-14H,8H2,1-3H3. The summed E-state index contributed by atoms with van der Waals surface area (Å²) < 4.78 is 14.4. The van der Waals surface area contributed by atoms with Crippen LogP contribution >= 0.6 is 0 Å². The van der Waals surface area contributed by atoms with Crippen molar-refractivity contribution in [3.8, 4) is 17.3 Å². The number of aromatic nitrogens is 5. The maximum Gasteiger partial charge on any atom is 0.280 e. The Morgan fingerprint density at radius 1 is 1.17 bits per heavy atom. The van der Waals surface area contributed by atoms with Gasteiger partial charge in [0.05, 0.1) is 31.2 Å². The Bertz CT molecular complexity index is 1210. The van der Waals surface area contributed by atoms with Gasteiger partial charge in [0, 0.05) is 31.1 Å². The lowest BCUT2D eigenvalue weighted by atomic mass is 10.1. The average molecular weight is 391 g/mol. The minimum Gasteiger partial charge on any atom is -0.495 e. The van der Waals surface area contributed by atoms with E-state index in [-0.39, 0.29) is 17.4 Å². The molecule has 0 aliphatic rings. The van der Waals surface area contributed by atoms with Gasteiger partial charge >= 0.3 is 0 Å². The van der Waals surface area contributed by atoms with Gasteiger partial charge < -0.3 is 9.47 Å². The number of benzene rings is 1. The number of fused-ring (bicyclic) bond motifs is 1. The van der Waals surface area contributed by atoms with Crippen LogP contribution < -0.4 is 14.9 Å². The van der Waals surface area contributed by atoms with Crippen molar-refractivity contribution in [2.75, 3.05) is 7.11 Å². The van der Waals surface area contributed by atoms with Gasteiger partial charge in [0.15, 0.2) is 0 Å². The summed E-state index contributed by atoms with van der Waals surface area (Å²) in [6.07, 6.45) is 7.15. The fraction of sp³-hybridized carbons (Fsp3) is 0.238. The third-order valence-electron chi connectivity index (χ3n) is 4.52. The highest BCUT2D eigenvalue weighted by atomic mass is 16.5. The zero-order valence-corrected chi connectivity index (χ0v) is 16.4. The molecule has 0 aliphatic carbocycles. The molecular formula is C21H21N5O3. The van der Waals surface area contributed by atoms with E-state index in [2.05, 4.69) is 21.2 Å². The molecule has 8 nitrogen and oxygen atoms in total. The maximum absolute atomic E-state index is 12.2. The molecule has 4 rings (SSSR count). The third kappa shape index (κ3) is 4.11. The normalized spacial score (nSPS) is 12.1. The smallest absolute Gasteiger partial charge is 0.280 e. The Labute approximate surface area is 167 Å². The largest absolute Gasteiger partial charge is 0.495 e. The van der Waals surface area contributed by atoms with Crippen LogP contribution in [-0.4, -0.2) is 37.8 Å². The first kappa shape index (κ1) is 18.7. The summed E-state index contributed by atoms with van der Waals surface area (Å²) in [5.41, 5.74) is 2.46. The second-order valence-electron chi connectivity index (χ2n) is 6.84. The van der Waals surface area contributed by atoms with Crippen molar-refractivity contribution < 1.29 is 9.47 Å². The Kier molecular flexibility index (Phi) is 4.99. The first-order valence-corrected chi connectivity index (χ1v) is 9.20. The predicted octanol–water partition coefficient (Wildman–Crippen LogP) is 2.53. The van der Waals surface area contributed by atoms with Crippen molar-refractivity contribution in [1.29, 1.82) is 0 Å². The van der Waals surface area contributed by atoms with Crippen LogP contribution in [0.15, 0.2) is 59.9 Å². The number of pyridine rings is 1. The van der Waals surface area contributed by atoms with E-state index in [9.17, 15) is 4.79 Å². The Morgan fingerprint density at radius 2 is 2.03 bits per heavy atom. The van der Waals surface area contributed by atoms with E-state index in [1.165, 1.54) is 6.07 Å². The summed E-state index contributed by atoms with van der Waals surface area (Å²) in [4.78, 5) is 16.6. The van der Waals surface area contributed by atoms with Gasteiger partial charge in [-0.3, -0.25) is 14.5 Å². The zero-order valence-electron chi connectivity index (χ0n) is 16.4. The lowest BCUT2D eigenvalue weighted by molar-refractivity contribution is 0.207. The molecule has 3 aromatic heterocycles. The number of methoxy groups -OCH3 is 1. The van der Waals surface area contributed by atoms with Gasteiger partial charge in [-0.15, -0.1) is 5.10 Å². The fourth-order valence-corrected chi connectivity index (χ4v) is 3.11. The summed E-state index contributed by atoms with van der Waals surface area (Å²) in [7, 11) is 3.44. The average Bonchev–Trinajstić information content (AvgIpc) is 3.15. The SMILES string of the molecule is COc1cnc2ccc(CC(C)Oc3nn(-c4cnn(C)c4)ccc3=O)cc2c1. The molecule has 29 heavy (non-hydrogen) atoms. The van der Waals surface area contributed by atoms with E-state index < -0.39 is 0 Å². The van der Waals surface area contributed by atoms with Gasteiger partial charge in [-0.25, -0.2) is 4.68 Å². The van der Waals surface area contributed by atoms with E-state index in [0.29, 0.717) is 12.2 Å². The minimum atomic E-state index is -0.260. The van der Waals surface area contributed by atoms with Gasteiger partial charge in [-0.1, -0.05) is 6.07 Å². The van der Waals surface area contributed by atoms with Crippen molar-refractivity contribution in [3.63, 3.8) is 0 Å². The van der Waals surface area contributed by atoms with Gasteiger partial charge in [0.2, 0.25) is 5.43 Å². The number of aryl methyl sites for hydroxylation is 1. The van der Waals surface area contributed by atoms with E-state index in [1.807, 2.05) is 38.4 Å². The maximum atomic E-state index is 12.2. The lowest BCUT2D eigenvalue weighted by Gasteiger charge is -2.14. The van der Waals surface area contributed by atoms with Crippen molar-refractivity contribution >= 4 is 10.9 Å². The molecule has 0 aliphatic heterocycles. The summed E-state index contributed by atoms with van der Waals surface area (Å²) in [5.74, 6) is 0.774. The van der Waals surface area contributed by atoms with E-state index in [0.717, 1.165) is 22.2 Å². The fourth-order valence-electron chi connectivity index (χ4n) is 3.11. The van der Waals surface area contributed by atoms with Gasteiger partial charge in [0.25, 0.3) is 5.88 Å². The minimum absolute atomic E-state index is 0.0629.